The topological polar surface area (TPSA) is 27.3 Å². The van der Waals surface area contributed by atoms with Crippen LogP contribution in [-0.4, -0.2) is 23.6 Å². The fraction of sp³-hybridized carbons (Fsp3) is 0.500. The van der Waals surface area contributed by atoms with Crippen molar-refractivity contribution in [2.45, 2.75) is 25.4 Å². The smallest absolute Gasteiger partial charge is 0.0693 e. The summed E-state index contributed by atoms with van der Waals surface area (Å²) >= 11 is 7.90. The van der Waals surface area contributed by atoms with E-state index in [4.69, 9.17) is 11.8 Å². The van der Waals surface area contributed by atoms with Gasteiger partial charge in [0, 0.05) is 34.5 Å². The molecule has 0 saturated carbocycles. The third kappa shape index (κ3) is 3.92. The van der Waals surface area contributed by atoms with Crippen molar-refractivity contribution in [1.29, 1.82) is 0 Å². The Morgan fingerprint density at radius 1 is 1.32 bits per heavy atom. The molecule has 0 radical (unpaired) electrons. The minimum atomic E-state index is 0. The Morgan fingerprint density at radius 3 is 2.79 bits per heavy atom. The van der Waals surface area contributed by atoms with Crippen molar-refractivity contribution >= 4 is 53.6 Å². The molecule has 19 heavy (non-hydrogen) atoms. The standard InChI is InChI=1S/C12H16ClN3S.2ClH/c13-16-7-11(10-3-6-17-12(10)8-16)15-9-1-4-14-5-2-9;;/h3,6-7,9,14-15H,1-2,4-5,8H2;2*1H. The number of hydrogen-bond acceptors (Lipinski definition) is 4. The van der Waals surface area contributed by atoms with Gasteiger partial charge in [-0.05, 0) is 37.4 Å². The van der Waals surface area contributed by atoms with Gasteiger partial charge in [-0.15, -0.1) is 36.2 Å². The fourth-order valence-corrected chi connectivity index (χ4v) is 3.57. The van der Waals surface area contributed by atoms with E-state index in [9.17, 15) is 0 Å². The molecule has 0 unspecified atom stereocenters. The predicted octanol–water partition coefficient (Wildman–Crippen LogP) is 3.20. The lowest BCUT2D eigenvalue weighted by atomic mass is 10.0. The molecular weight excluding hydrogens is 325 g/mol. The van der Waals surface area contributed by atoms with Gasteiger partial charge in [0.2, 0.25) is 0 Å². The number of halogens is 3. The quantitative estimate of drug-likeness (QED) is 0.808. The Bertz CT molecular complexity index is 430. The number of fused-ring (bicyclic) bond motifs is 1. The van der Waals surface area contributed by atoms with Gasteiger partial charge >= 0.3 is 0 Å². The molecule has 2 aliphatic heterocycles. The fourth-order valence-electron chi connectivity index (χ4n) is 2.40. The lowest BCUT2D eigenvalue weighted by molar-refractivity contribution is 0.422. The molecule has 2 N–H and O–H groups in total. The minimum Gasteiger partial charge on any atom is -0.380 e. The van der Waals surface area contributed by atoms with E-state index in [1.54, 1.807) is 15.8 Å². The highest BCUT2D eigenvalue weighted by atomic mass is 35.5. The van der Waals surface area contributed by atoms with Gasteiger partial charge in [-0.1, -0.05) is 0 Å². The van der Waals surface area contributed by atoms with Crippen molar-refractivity contribution in [2.24, 2.45) is 0 Å². The summed E-state index contributed by atoms with van der Waals surface area (Å²) in [5.41, 5.74) is 2.50. The molecule has 0 atom stereocenters. The molecule has 0 amide bonds. The number of nitrogens with one attached hydrogen (secondary N) is 2. The van der Waals surface area contributed by atoms with E-state index in [1.807, 2.05) is 6.20 Å². The van der Waals surface area contributed by atoms with Crippen molar-refractivity contribution in [1.82, 2.24) is 15.1 Å². The first-order chi connectivity index (χ1) is 8.33. The highest BCUT2D eigenvalue weighted by Gasteiger charge is 2.20. The lowest BCUT2D eigenvalue weighted by Crippen LogP contribution is -2.39. The maximum atomic E-state index is 6.12. The van der Waals surface area contributed by atoms with Gasteiger partial charge in [0.15, 0.2) is 0 Å². The molecule has 0 bridgehead atoms. The van der Waals surface area contributed by atoms with Crippen LogP contribution < -0.4 is 10.6 Å². The second-order valence-corrected chi connectivity index (χ2v) is 5.96. The number of rotatable bonds is 2. The van der Waals surface area contributed by atoms with Crippen LogP contribution in [0.2, 0.25) is 0 Å². The molecule has 1 aromatic heterocycles. The molecule has 3 heterocycles. The molecule has 2 aliphatic rings. The molecular formula is C12H18Cl3N3S. The number of thiophene rings is 1. The van der Waals surface area contributed by atoms with Crippen LogP contribution in [0.15, 0.2) is 17.6 Å². The van der Waals surface area contributed by atoms with Crippen LogP contribution in [-0.2, 0) is 6.54 Å². The van der Waals surface area contributed by atoms with E-state index >= 15 is 0 Å². The molecule has 1 saturated heterocycles. The highest BCUT2D eigenvalue weighted by molar-refractivity contribution is 7.10. The van der Waals surface area contributed by atoms with Gasteiger partial charge in [0.25, 0.3) is 0 Å². The van der Waals surface area contributed by atoms with Gasteiger partial charge < -0.3 is 10.6 Å². The molecule has 108 valence electrons. The van der Waals surface area contributed by atoms with Crippen LogP contribution in [0.3, 0.4) is 0 Å². The van der Waals surface area contributed by atoms with E-state index in [0.717, 1.165) is 19.6 Å². The van der Waals surface area contributed by atoms with Crippen molar-refractivity contribution in [3.8, 4) is 0 Å². The van der Waals surface area contributed by atoms with Crippen LogP contribution in [0.25, 0.3) is 5.70 Å². The summed E-state index contributed by atoms with van der Waals surface area (Å²) in [5, 5.41) is 9.15. The maximum absolute atomic E-state index is 6.12. The normalized spacial score (nSPS) is 18.8. The van der Waals surface area contributed by atoms with Crippen LogP contribution in [0, 0.1) is 0 Å². The zero-order valence-corrected chi connectivity index (χ0v) is 13.6. The Labute approximate surface area is 135 Å². The summed E-state index contributed by atoms with van der Waals surface area (Å²) in [6.45, 7) is 3.02. The van der Waals surface area contributed by atoms with E-state index in [2.05, 4.69) is 22.1 Å². The summed E-state index contributed by atoms with van der Waals surface area (Å²) in [6.07, 6.45) is 4.37. The molecule has 3 rings (SSSR count). The molecule has 0 aliphatic carbocycles. The summed E-state index contributed by atoms with van der Waals surface area (Å²) in [4.78, 5) is 1.35. The monoisotopic (exact) mass is 341 g/mol. The van der Waals surface area contributed by atoms with Crippen molar-refractivity contribution in [3.63, 3.8) is 0 Å². The second-order valence-electron chi connectivity index (χ2n) is 4.53. The van der Waals surface area contributed by atoms with Crippen LogP contribution in [0.4, 0.5) is 0 Å². The predicted molar refractivity (Wildman–Crippen MR) is 87.2 cm³/mol. The molecule has 3 nitrogen and oxygen atoms in total. The van der Waals surface area contributed by atoms with E-state index in [1.165, 1.54) is 29.0 Å². The van der Waals surface area contributed by atoms with E-state index in [-0.39, 0.29) is 24.8 Å². The average Bonchev–Trinajstić information content (AvgIpc) is 2.78. The van der Waals surface area contributed by atoms with Crippen LogP contribution in [0.5, 0.6) is 0 Å². The zero-order chi connectivity index (χ0) is 11.7. The molecule has 0 spiro atoms. The lowest BCUT2D eigenvalue weighted by Gasteiger charge is -2.28. The molecule has 0 aromatic carbocycles. The first-order valence-electron chi connectivity index (χ1n) is 6.01. The number of piperidine rings is 1. The van der Waals surface area contributed by atoms with Gasteiger partial charge in [0.05, 0.1) is 12.2 Å². The zero-order valence-electron chi connectivity index (χ0n) is 10.4. The summed E-state index contributed by atoms with van der Waals surface area (Å²) in [5.74, 6) is 0. The minimum absolute atomic E-state index is 0. The Hall–Kier alpha value is -0.130. The maximum Gasteiger partial charge on any atom is 0.0693 e. The molecule has 7 heteroatoms. The molecule has 1 aromatic rings. The Balaban J connectivity index is 0.000000902. The van der Waals surface area contributed by atoms with Gasteiger partial charge in [-0.2, -0.15) is 0 Å². The number of nitrogens with zero attached hydrogens (tertiary/aromatic N) is 1. The highest BCUT2D eigenvalue weighted by Crippen LogP contribution is 2.30. The third-order valence-electron chi connectivity index (χ3n) is 3.30. The largest absolute Gasteiger partial charge is 0.380 e. The van der Waals surface area contributed by atoms with Gasteiger partial charge in [0.1, 0.15) is 0 Å². The first-order valence-corrected chi connectivity index (χ1v) is 7.23. The Kier molecular flexibility index (Phi) is 6.77. The van der Waals surface area contributed by atoms with Crippen molar-refractivity contribution in [3.05, 3.63) is 28.1 Å². The number of hydrogen-bond donors (Lipinski definition) is 2. The molecule has 1 fully saturated rings. The average molecular weight is 343 g/mol. The van der Waals surface area contributed by atoms with E-state index in [0.29, 0.717) is 6.04 Å². The van der Waals surface area contributed by atoms with Gasteiger partial charge in [-0.3, -0.25) is 4.42 Å². The van der Waals surface area contributed by atoms with Crippen molar-refractivity contribution in [2.75, 3.05) is 13.1 Å². The van der Waals surface area contributed by atoms with Crippen LogP contribution >= 0.6 is 47.9 Å². The Morgan fingerprint density at radius 2 is 2.05 bits per heavy atom. The summed E-state index contributed by atoms with van der Waals surface area (Å²) in [7, 11) is 0. The van der Waals surface area contributed by atoms with Crippen molar-refractivity contribution < 1.29 is 0 Å². The van der Waals surface area contributed by atoms with E-state index < -0.39 is 0 Å². The summed E-state index contributed by atoms with van der Waals surface area (Å²) < 4.78 is 1.74. The SMILES string of the molecule is Cl.Cl.ClN1C=C(NC2CCNCC2)c2ccsc2C1. The van der Waals surface area contributed by atoms with Gasteiger partial charge in [-0.25, -0.2) is 0 Å². The third-order valence-corrected chi connectivity index (χ3v) is 4.42. The van der Waals surface area contributed by atoms with Crippen LogP contribution in [0.1, 0.15) is 23.3 Å². The summed E-state index contributed by atoms with van der Waals surface area (Å²) in [6, 6.07) is 2.75. The second kappa shape index (κ2) is 7.60. The first kappa shape index (κ1) is 16.9.